The molecule has 1 aromatic carbocycles. The first-order chi connectivity index (χ1) is 14.5. The number of nitrogens with zero attached hydrogens (tertiary/aromatic N) is 1. The summed E-state index contributed by atoms with van der Waals surface area (Å²) in [6.07, 6.45) is 2.86. The zero-order chi connectivity index (χ0) is 23.5. The van der Waals surface area contributed by atoms with Gasteiger partial charge in [0.2, 0.25) is 5.91 Å². The van der Waals surface area contributed by atoms with Gasteiger partial charge in [-0.1, -0.05) is 25.4 Å². The number of aliphatic hydroxyl groups is 1. The van der Waals surface area contributed by atoms with E-state index in [-0.39, 0.29) is 23.7 Å². The zero-order valence-corrected chi connectivity index (χ0v) is 20.6. The molecule has 4 atom stereocenters. The van der Waals surface area contributed by atoms with Crippen LogP contribution in [0.4, 0.5) is 5.69 Å². The number of nitrogens with one attached hydrogen (secondary N) is 2. The van der Waals surface area contributed by atoms with Gasteiger partial charge in [0.15, 0.2) is 0 Å². The van der Waals surface area contributed by atoms with Gasteiger partial charge >= 0.3 is 0 Å². The molecule has 2 rings (SSSR count). The molecule has 6 nitrogen and oxygen atoms in total. The van der Waals surface area contributed by atoms with Crippen molar-refractivity contribution in [1.82, 2.24) is 4.90 Å². The van der Waals surface area contributed by atoms with E-state index in [4.69, 9.17) is 21.7 Å². The van der Waals surface area contributed by atoms with Crippen molar-refractivity contribution in [2.24, 2.45) is 11.8 Å². The van der Waals surface area contributed by atoms with Gasteiger partial charge in [-0.25, -0.2) is 0 Å². The molecule has 1 saturated carbocycles. The largest absolute Gasteiger partial charge is 0.495 e. The number of carbonyl (C=O) groups is 1. The van der Waals surface area contributed by atoms with Crippen molar-refractivity contribution in [2.45, 2.75) is 78.0 Å². The number of benzene rings is 1. The van der Waals surface area contributed by atoms with Crippen LogP contribution in [0.3, 0.4) is 0 Å². The van der Waals surface area contributed by atoms with Gasteiger partial charge in [0.05, 0.1) is 29.4 Å². The predicted molar refractivity (Wildman–Crippen MR) is 128 cm³/mol. The molecule has 7 heteroatoms. The third-order valence-electron chi connectivity index (χ3n) is 6.55. The molecular weight excluding hydrogens is 414 g/mol. The lowest BCUT2D eigenvalue weighted by molar-refractivity contribution is -0.142. The molecule has 1 aromatic rings. The molecule has 0 saturated heterocycles. The molecule has 174 valence electrons. The number of ether oxygens (including phenoxy) is 1. The average Bonchev–Trinajstić information content (AvgIpc) is 2.71. The van der Waals surface area contributed by atoms with Crippen LogP contribution in [0.1, 0.15) is 65.9 Å². The monoisotopic (exact) mass is 451 g/mol. The minimum absolute atomic E-state index is 0.0382. The van der Waals surface area contributed by atoms with E-state index in [1.807, 2.05) is 25.7 Å². The number of hydrogen-bond acceptors (Lipinski definition) is 5. The van der Waals surface area contributed by atoms with Crippen LogP contribution in [0, 0.1) is 17.2 Å². The van der Waals surface area contributed by atoms with Crippen molar-refractivity contribution < 1.29 is 14.6 Å². The van der Waals surface area contributed by atoms with E-state index in [0.29, 0.717) is 40.8 Å². The Balaban J connectivity index is 2.38. The van der Waals surface area contributed by atoms with Crippen molar-refractivity contribution in [3.63, 3.8) is 0 Å². The predicted octanol–water partition coefficient (Wildman–Crippen LogP) is 4.96. The highest BCUT2D eigenvalue weighted by Crippen LogP contribution is 2.39. The number of hydrogen-bond donors (Lipinski definition) is 3. The second kappa shape index (κ2) is 10.2. The first-order valence-corrected chi connectivity index (χ1v) is 11.5. The fraction of sp³-hybridized carbons (Fsp3) is 0.667. The van der Waals surface area contributed by atoms with Crippen molar-refractivity contribution in [3.8, 4) is 5.75 Å². The highest BCUT2D eigenvalue weighted by atomic mass is 35.5. The topological polar surface area (TPSA) is 85.7 Å². The maximum atomic E-state index is 13.7. The molecule has 0 radical (unpaired) electrons. The summed E-state index contributed by atoms with van der Waals surface area (Å²) >= 11 is 6.54. The number of carbonyl (C=O) groups excluding carboxylic acids is 1. The maximum absolute atomic E-state index is 13.7. The number of anilines is 1. The molecule has 0 aromatic heterocycles. The van der Waals surface area contributed by atoms with Crippen molar-refractivity contribution in [2.75, 3.05) is 19.5 Å². The van der Waals surface area contributed by atoms with Crippen molar-refractivity contribution in [3.05, 3.63) is 22.7 Å². The number of halogens is 1. The fourth-order valence-electron chi connectivity index (χ4n) is 4.91. The lowest BCUT2D eigenvalue weighted by Gasteiger charge is -2.46. The minimum Gasteiger partial charge on any atom is -0.495 e. The van der Waals surface area contributed by atoms with Crippen LogP contribution in [-0.4, -0.2) is 53.5 Å². The van der Waals surface area contributed by atoms with Crippen LogP contribution in [0.15, 0.2) is 12.1 Å². The lowest BCUT2D eigenvalue weighted by Crippen LogP contribution is -2.54. The standard InChI is InChI=1S/C24H38ClN3O3/c1-8-24(30)12-15(4)11-17(13-24)28(14(2)3)23(29)16(5)22(26)20-18(27-6)9-10-19(31-7)21(20)25/h9-10,14-17,26-27,30H,8,11-13H2,1-7H3. The van der Waals surface area contributed by atoms with Gasteiger partial charge in [-0.15, -0.1) is 0 Å². The van der Waals surface area contributed by atoms with E-state index in [1.54, 1.807) is 26.1 Å². The van der Waals surface area contributed by atoms with Crippen molar-refractivity contribution in [1.29, 1.82) is 5.41 Å². The van der Waals surface area contributed by atoms with E-state index in [0.717, 1.165) is 12.8 Å². The molecule has 1 fully saturated rings. The van der Waals surface area contributed by atoms with E-state index in [2.05, 4.69) is 12.2 Å². The van der Waals surface area contributed by atoms with Crippen LogP contribution in [-0.2, 0) is 4.79 Å². The number of rotatable bonds is 8. The molecule has 4 unspecified atom stereocenters. The van der Waals surface area contributed by atoms with Crippen LogP contribution in [0.5, 0.6) is 5.75 Å². The summed E-state index contributed by atoms with van der Waals surface area (Å²) in [6.45, 7) is 9.88. The van der Waals surface area contributed by atoms with E-state index < -0.39 is 11.5 Å². The maximum Gasteiger partial charge on any atom is 0.231 e. The molecule has 0 aliphatic heterocycles. The third kappa shape index (κ3) is 5.35. The second-order valence-corrected chi connectivity index (χ2v) is 9.59. The van der Waals surface area contributed by atoms with E-state index >= 15 is 0 Å². The lowest BCUT2D eigenvalue weighted by atomic mass is 9.74. The van der Waals surface area contributed by atoms with Gasteiger partial charge in [0.25, 0.3) is 0 Å². The average molecular weight is 452 g/mol. The van der Waals surface area contributed by atoms with Gasteiger partial charge in [-0.2, -0.15) is 0 Å². The third-order valence-corrected chi connectivity index (χ3v) is 6.92. The normalized spacial score (nSPS) is 24.6. The Morgan fingerprint density at radius 1 is 1.39 bits per heavy atom. The summed E-state index contributed by atoms with van der Waals surface area (Å²) in [7, 11) is 3.29. The van der Waals surface area contributed by atoms with Crippen molar-refractivity contribution >= 4 is 28.9 Å². The second-order valence-electron chi connectivity index (χ2n) is 9.21. The SMILES string of the molecule is CCC1(O)CC(C)CC(N(C(=O)C(C)C(=N)c2c(NC)ccc(OC)c2Cl)C(C)C)C1. The molecule has 3 N–H and O–H groups in total. The Bertz CT molecular complexity index is 814. The van der Waals surface area contributed by atoms with Gasteiger partial charge in [-0.3, -0.25) is 4.79 Å². The molecule has 0 spiro atoms. The summed E-state index contributed by atoms with van der Waals surface area (Å²) < 4.78 is 5.32. The van der Waals surface area contributed by atoms with Gasteiger partial charge < -0.3 is 25.5 Å². The van der Waals surface area contributed by atoms with Gasteiger partial charge in [-0.05, 0) is 64.5 Å². The van der Waals surface area contributed by atoms with E-state index in [1.165, 1.54) is 7.11 Å². The molecule has 1 amide bonds. The Morgan fingerprint density at radius 3 is 2.55 bits per heavy atom. The van der Waals surface area contributed by atoms with Crippen LogP contribution >= 0.6 is 11.6 Å². The smallest absolute Gasteiger partial charge is 0.231 e. The zero-order valence-electron chi connectivity index (χ0n) is 19.9. The first-order valence-electron chi connectivity index (χ1n) is 11.2. The summed E-state index contributed by atoms with van der Waals surface area (Å²) in [5.41, 5.74) is 0.564. The summed E-state index contributed by atoms with van der Waals surface area (Å²) in [5, 5.41) is 23.2. The molecule has 0 heterocycles. The number of methoxy groups -OCH3 is 1. The highest BCUT2D eigenvalue weighted by molar-refractivity contribution is 6.37. The molecule has 0 bridgehead atoms. The van der Waals surface area contributed by atoms with Gasteiger partial charge in [0.1, 0.15) is 5.75 Å². The highest BCUT2D eigenvalue weighted by Gasteiger charge is 2.42. The quantitative estimate of drug-likeness (QED) is 0.487. The summed E-state index contributed by atoms with van der Waals surface area (Å²) in [4.78, 5) is 15.6. The summed E-state index contributed by atoms with van der Waals surface area (Å²) in [6, 6.07) is 3.45. The first kappa shape index (κ1) is 25.5. The molecule has 1 aliphatic carbocycles. The molecular formula is C24H38ClN3O3. The summed E-state index contributed by atoms with van der Waals surface area (Å²) in [5.74, 6) is -0.00400. The fourth-order valence-corrected chi connectivity index (χ4v) is 5.25. The Kier molecular flexibility index (Phi) is 8.40. The Labute approximate surface area is 191 Å². The number of amides is 1. The Morgan fingerprint density at radius 2 is 2.03 bits per heavy atom. The van der Waals surface area contributed by atoms with E-state index in [9.17, 15) is 9.90 Å². The van der Waals surface area contributed by atoms with Crippen LogP contribution < -0.4 is 10.1 Å². The molecule has 31 heavy (non-hydrogen) atoms. The minimum atomic E-state index is -0.748. The van der Waals surface area contributed by atoms with Gasteiger partial charge in [0, 0.05) is 30.4 Å². The van der Waals surface area contributed by atoms with Crippen LogP contribution in [0.2, 0.25) is 5.02 Å². The Hall–Kier alpha value is -1.79. The van der Waals surface area contributed by atoms with Crippen LogP contribution in [0.25, 0.3) is 0 Å². The molecule has 1 aliphatic rings.